The van der Waals surface area contributed by atoms with Gasteiger partial charge in [0.05, 0.1) is 19.3 Å². The Balaban J connectivity index is 1.82. The van der Waals surface area contributed by atoms with Gasteiger partial charge in [-0.25, -0.2) is 14.2 Å². The van der Waals surface area contributed by atoms with Crippen LogP contribution in [0.4, 0.5) is 14.3 Å². The van der Waals surface area contributed by atoms with E-state index in [0.717, 1.165) is 5.69 Å². The van der Waals surface area contributed by atoms with Crippen LogP contribution in [0.3, 0.4) is 0 Å². The summed E-state index contributed by atoms with van der Waals surface area (Å²) in [5.74, 6) is -0.327. The molecule has 1 aromatic carbocycles. The molecule has 0 unspecified atom stereocenters. The summed E-state index contributed by atoms with van der Waals surface area (Å²) in [5, 5.41) is 9.26. The molecule has 1 heterocycles. The molecule has 0 radical (unpaired) electrons. The lowest BCUT2D eigenvalue weighted by atomic mass is 10.2. The number of hydrogen-bond donors (Lipinski definition) is 2. The highest BCUT2D eigenvalue weighted by Crippen LogP contribution is 2.16. The Bertz CT molecular complexity index is 635. The minimum Gasteiger partial charge on any atom is -0.334 e. The van der Waals surface area contributed by atoms with Gasteiger partial charge in [0.15, 0.2) is 5.13 Å². The third kappa shape index (κ3) is 5.06. The second-order valence-electron chi connectivity index (χ2n) is 4.55. The number of benzene rings is 1. The average Bonchev–Trinajstić information content (AvgIpc) is 2.92. The second kappa shape index (κ2) is 7.83. The van der Waals surface area contributed by atoms with Gasteiger partial charge >= 0.3 is 6.03 Å². The lowest BCUT2D eigenvalue weighted by Crippen LogP contribution is -2.28. The lowest BCUT2D eigenvalue weighted by Gasteiger charge is -2.10. The van der Waals surface area contributed by atoms with Crippen molar-refractivity contribution in [3.05, 3.63) is 46.7 Å². The van der Waals surface area contributed by atoms with E-state index < -0.39 is 0 Å². The number of nitrogens with one attached hydrogen (secondary N) is 2. The molecule has 22 heavy (non-hydrogen) atoms. The molecule has 118 valence electrons. The van der Waals surface area contributed by atoms with Gasteiger partial charge in [0.2, 0.25) is 0 Å². The molecule has 8 heteroatoms. The van der Waals surface area contributed by atoms with Crippen LogP contribution < -0.4 is 10.6 Å². The zero-order valence-electron chi connectivity index (χ0n) is 12.3. The highest BCUT2D eigenvalue weighted by atomic mass is 32.1. The quantitative estimate of drug-likeness (QED) is 0.802. The van der Waals surface area contributed by atoms with E-state index in [0.29, 0.717) is 17.2 Å². The molecule has 2 amide bonds. The molecule has 0 spiro atoms. The third-order valence-corrected chi connectivity index (χ3v) is 3.62. The van der Waals surface area contributed by atoms with E-state index in [4.69, 9.17) is 4.84 Å². The smallest absolute Gasteiger partial charge is 0.321 e. The summed E-state index contributed by atoms with van der Waals surface area (Å²) >= 11 is 1.33. The predicted molar refractivity (Wildman–Crippen MR) is 82.8 cm³/mol. The van der Waals surface area contributed by atoms with Crippen molar-refractivity contribution in [2.24, 2.45) is 0 Å². The number of urea groups is 1. The molecule has 0 bridgehead atoms. The van der Waals surface area contributed by atoms with Crippen molar-refractivity contribution in [1.29, 1.82) is 0 Å². The number of rotatable bonds is 6. The maximum Gasteiger partial charge on any atom is 0.321 e. The monoisotopic (exact) mass is 324 g/mol. The van der Waals surface area contributed by atoms with Gasteiger partial charge in [0.1, 0.15) is 5.82 Å². The molecule has 2 rings (SSSR count). The number of hydrogen-bond acceptors (Lipinski definition) is 5. The number of anilines is 1. The number of nitrogens with zero attached hydrogens (tertiary/aromatic N) is 2. The minimum atomic E-state index is -0.384. The van der Waals surface area contributed by atoms with Crippen molar-refractivity contribution < 1.29 is 14.0 Å². The topological polar surface area (TPSA) is 66.5 Å². The molecular formula is C14H17FN4O2S. The Morgan fingerprint density at radius 3 is 3.05 bits per heavy atom. The molecule has 0 saturated carbocycles. The SMILES string of the molecule is CON(C)Cc1csc(NC(=O)NCc2cccc(F)c2)n1. The van der Waals surface area contributed by atoms with Gasteiger partial charge in [-0.2, -0.15) is 5.06 Å². The van der Waals surface area contributed by atoms with Crippen molar-refractivity contribution in [2.75, 3.05) is 19.5 Å². The van der Waals surface area contributed by atoms with Gasteiger partial charge in [-0.1, -0.05) is 12.1 Å². The third-order valence-electron chi connectivity index (χ3n) is 2.81. The van der Waals surface area contributed by atoms with Crippen LogP contribution >= 0.6 is 11.3 Å². The summed E-state index contributed by atoms with van der Waals surface area (Å²) in [6, 6.07) is 5.69. The van der Waals surface area contributed by atoms with Gasteiger partial charge in [0.25, 0.3) is 0 Å². The van der Waals surface area contributed by atoms with Crippen LogP contribution in [0.25, 0.3) is 0 Å². The Morgan fingerprint density at radius 2 is 2.32 bits per heavy atom. The summed E-state index contributed by atoms with van der Waals surface area (Å²) in [7, 11) is 3.36. The van der Waals surface area contributed by atoms with Crippen molar-refractivity contribution in [2.45, 2.75) is 13.1 Å². The van der Waals surface area contributed by atoms with E-state index in [2.05, 4.69) is 15.6 Å². The summed E-state index contributed by atoms with van der Waals surface area (Å²) in [4.78, 5) is 21.1. The first-order valence-electron chi connectivity index (χ1n) is 6.56. The molecule has 6 nitrogen and oxygen atoms in total. The first-order chi connectivity index (χ1) is 10.6. The standard InChI is InChI=1S/C14H17FN4O2S/c1-19(21-2)8-12-9-22-14(17-12)18-13(20)16-7-10-4-3-5-11(15)6-10/h3-6,9H,7-8H2,1-2H3,(H2,16,17,18,20). The fraction of sp³-hybridized carbons (Fsp3) is 0.286. The molecule has 2 aromatic rings. The van der Waals surface area contributed by atoms with Gasteiger partial charge in [-0.15, -0.1) is 11.3 Å². The fourth-order valence-electron chi connectivity index (χ4n) is 1.70. The number of amides is 2. The van der Waals surface area contributed by atoms with Crippen molar-refractivity contribution in [1.82, 2.24) is 15.4 Å². The van der Waals surface area contributed by atoms with E-state index in [9.17, 15) is 9.18 Å². The largest absolute Gasteiger partial charge is 0.334 e. The van der Waals surface area contributed by atoms with Crippen molar-refractivity contribution >= 4 is 22.5 Å². The fourth-order valence-corrected chi connectivity index (χ4v) is 2.40. The maximum absolute atomic E-state index is 13.0. The maximum atomic E-state index is 13.0. The minimum absolute atomic E-state index is 0.244. The van der Waals surface area contributed by atoms with Crippen LogP contribution in [0.15, 0.2) is 29.6 Å². The van der Waals surface area contributed by atoms with Crippen LogP contribution in [0.2, 0.25) is 0 Å². The number of hydroxylamine groups is 2. The van der Waals surface area contributed by atoms with Gasteiger partial charge in [0, 0.05) is 19.0 Å². The molecule has 0 fully saturated rings. The van der Waals surface area contributed by atoms with Gasteiger partial charge in [-0.05, 0) is 17.7 Å². The van der Waals surface area contributed by atoms with Crippen LogP contribution in [-0.4, -0.2) is 30.2 Å². The van der Waals surface area contributed by atoms with Crippen LogP contribution in [0, 0.1) is 5.82 Å². The number of carbonyl (C=O) groups is 1. The zero-order valence-corrected chi connectivity index (χ0v) is 13.1. The molecule has 0 aliphatic rings. The highest BCUT2D eigenvalue weighted by Gasteiger charge is 2.08. The molecule has 0 saturated heterocycles. The van der Waals surface area contributed by atoms with E-state index in [1.54, 1.807) is 31.4 Å². The van der Waals surface area contributed by atoms with Crippen LogP contribution in [0.1, 0.15) is 11.3 Å². The molecule has 1 aromatic heterocycles. The Hall–Kier alpha value is -2.03. The molecule has 2 N–H and O–H groups in total. The Morgan fingerprint density at radius 1 is 1.50 bits per heavy atom. The normalized spacial score (nSPS) is 10.7. The molecule has 0 atom stereocenters. The summed E-state index contributed by atoms with van der Waals surface area (Å²) in [6.45, 7) is 0.772. The summed E-state index contributed by atoms with van der Waals surface area (Å²) in [5.41, 5.74) is 1.49. The predicted octanol–water partition coefficient (Wildman–Crippen LogP) is 2.60. The van der Waals surface area contributed by atoms with E-state index in [1.165, 1.54) is 23.5 Å². The van der Waals surface area contributed by atoms with E-state index >= 15 is 0 Å². The first kappa shape index (κ1) is 16.3. The Labute approximate surface area is 131 Å². The van der Waals surface area contributed by atoms with Crippen molar-refractivity contribution in [3.8, 4) is 0 Å². The summed E-state index contributed by atoms with van der Waals surface area (Å²) < 4.78 is 13.0. The van der Waals surface area contributed by atoms with E-state index in [-0.39, 0.29) is 18.4 Å². The lowest BCUT2D eigenvalue weighted by molar-refractivity contribution is -0.117. The Kier molecular flexibility index (Phi) is 5.82. The van der Waals surface area contributed by atoms with Crippen molar-refractivity contribution in [3.63, 3.8) is 0 Å². The highest BCUT2D eigenvalue weighted by molar-refractivity contribution is 7.13. The molecular weight excluding hydrogens is 307 g/mol. The van der Waals surface area contributed by atoms with E-state index in [1.807, 2.05) is 5.38 Å². The number of halogens is 1. The van der Waals surface area contributed by atoms with Crippen LogP contribution in [0.5, 0.6) is 0 Å². The molecule has 0 aliphatic heterocycles. The number of aromatic nitrogens is 1. The number of thiazole rings is 1. The van der Waals surface area contributed by atoms with Crippen LogP contribution in [-0.2, 0) is 17.9 Å². The summed E-state index contributed by atoms with van der Waals surface area (Å²) in [6.07, 6.45) is 0. The second-order valence-corrected chi connectivity index (χ2v) is 5.41. The zero-order chi connectivity index (χ0) is 15.9. The average molecular weight is 324 g/mol. The van der Waals surface area contributed by atoms with Gasteiger partial charge in [-0.3, -0.25) is 5.32 Å². The molecule has 0 aliphatic carbocycles. The number of carbonyl (C=O) groups excluding carboxylic acids is 1. The first-order valence-corrected chi connectivity index (χ1v) is 7.43. The van der Waals surface area contributed by atoms with Gasteiger partial charge < -0.3 is 10.2 Å².